The van der Waals surface area contributed by atoms with Gasteiger partial charge in [-0.2, -0.15) is 0 Å². The van der Waals surface area contributed by atoms with E-state index in [1.165, 1.54) is 18.4 Å². The Bertz CT molecular complexity index is 872. The van der Waals surface area contributed by atoms with Crippen molar-refractivity contribution in [2.75, 3.05) is 26.4 Å². The van der Waals surface area contributed by atoms with Crippen LogP contribution in [0.1, 0.15) is 34.9 Å². The molecule has 1 aromatic heterocycles. The second kappa shape index (κ2) is 5.76. The molecule has 5 aliphatic rings. The molecule has 2 aromatic rings. The summed E-state index contributed by atoms with van der Waals surface area (Å²) >= 11 is 0. The fourth-order valence-corrected chi connectivity index (χ4v) is 5.63. The van der Waals surface area contributed by atoms with E-state index in [1.54, 1.807) is 18.4 Å². The number of fused-ring (bicyclic) bond motifs is 3. The largest absolute Gasteiger partial charge is 0.459 e. The molecule has 5 aliphatic heterocycles. The number of likely N-dealkylation sites (tertiary alicyclic amines) is 1. The first-order valence-corrected chi connectivity index (χ1v) is 9.78. The minimum atomic E-state index is 0.0204. The maximum Gasteiger partial charge on any atom is 0.289 e. The molecule has 6 nitrogen and oxygen atoms in total. The lowest BCUT2D eigenvalue weighted by Crippen LogP contribution is -2.60. The van der Waals surface area contributed by atoms with Gasteiger partial charge in [0.25, 0.3) is 5.91 Å². The third kappa shape index (κ3) is 2.26. The second-order valence-corrected chi connectivity index (χ2v) is 8.01. The smallest absolute Gasteiger partial charge is 0.289 e. The minimum Gasteiger partial charge on any atom is -0.459 e. The topological polar surface area (TPSA) is 55.2 Å². The lowest BCUT2D eigenvalue weighted by molar-refractivity contribution is -0.00429. The van der Waals surface area contributed by atoms with Gasteiger partial charge < -0.3 is 18.8 Å². The van der Waals surface area contributed by atoms with Crippen LogP contribution in [0.3, 0.4) is 0 Å². The third-order valence-corrected chi connectivity index (χ3v) is 6.81. The van der Waals surface area contributed by atoms with E-state index in [0.29, 0.717) is 17.7 Å². The summed E-state index contributed by atoms with van der Waals surface area (Å²) in [6.07, 6.45) is 3.93. The van der Waals surface area contributed by atoms with Crippen LogP contribution in [-0.2, 0) is 0 Å². The molecule has 1 aromatic carbocycles. The molecule has 0 unspecified atom stereocenters. The highest BCUT2D eigenvalue weighted by Gasteiger charge is 2.55. The molecule has 6 heteroatoms. The van der Waals surface area contributed by atoms with Crippen LogP contribution in [0.25, 0.3) is 0 Å². The number of hydrogen-bond donors (Lipinski definition) is 0. The zero-order valence-electron chi connectivity index (χ0n) is 15.0. The highest BCUT2D eigenvalue weighted by molar-refractivity contribution is 5.92. The van der Waals surface area contributed by atoms with Crippen LogP contribution in [0, 0.1) is 5.92 Å². The van der Waals surface area contributed by atoms with Crippen molar-refractivity contribution >= 4 is 5.91 Å². The predicted octanol–water partition coefficient (Wildman–Crippen LogP) is 2.71. The number of benzene rings is 1. The second-order valence-electron chi connectivity index (χ2n) is 8.01. The molecule has 6 heterocycles. The molecule has 0 radical (unpaired) electrons. The van der Waals surface area contributed by atoms with E-state index >= 15 is 0 Å². The van der Waals surface area contributed by atoms with Crippen LogP contribution in [0.4, 0.5) is 0 Å². The molecule has 2 bridgehead atoms. The van der Waals surface area contributed by atoms with Crippen molar-refractivity contribution in [2.45, 2.75) is 30.8 Å². The van der Waals surface area contributed by atoms with Crippen molar-refractivity contribution in [1.82, 2.24) is 9.80 Å². The lowest BCUT2D eigenvalue weighted by atomic mass is 9.75. The number of ether oxygens (including phenoxy) is 2. The third-order valence-electron chi connectivity index (χ3n) is 6.81. The van der Waals surface area contributed by atoms with Gasteiger partial charge in [0.15, 0.2) is 17.3 Å². The number of rotatable bonds is 2. The Morgan fingerprint density at radius 2 is 1.89 bits per heavy atom. The number of nitrogens with zero attached hydrogens (tertiary/aromatic N) is 2. The van der Waals surface area contributed by atoms with Gasteiger partial charge in [-0.05, 0) is 61.7 Å². The Kier molecular flexibility index (Phi) is 3.32. The van der Waals surface area contributed by atoms with Gasteiger partial charge in [0.1, 0.15) is 0 Å². The van der Waals surface area contributed by atoms with Gasteiger partial charge in [-0.15, -0.1) is 0 Å². The zero-order chi connectivity index (χ0) is 18.0. The highest BCUT2D eigenvalue weighted by atomic mass is 16.7. The molecule has 1 amide bonds. The molecule has 4 fully saturated rings. The van der Waals surface area contributed by atoms with E-state index in [2.05, 4.69) is 21.9 Å². The lowest BCUT2D eigenvalue weighted by Gasteiger charge is -2.51. The van der Waals surface area contributed by atoms with E-state index in [-0.39, 0.29) is 24.7 Å². The first-order chi connectivity index (χ1) is 13.3. The average molecular weight is 366 g/mol. The molecule has 0 N–H and O–H groups in total. The van der Waals surface area contributed by atoms with Gasteiger partial charge in [-0.1, -0.05) is 6.07 Å². The maximum atomic E-state index is 13.2. The van der Waals surface area contributed by atoms with Crippen LogP contribution < -0.4 is 9.47 Å². The van der Waals surface area contributed by atoms with Crippen molar-refractivity contribution in [3.8, 4) is 11.5 Å². The Balaban J connectivity index is 1.39. The summed E-state index contributed by atoms with van der Waals surface area (Å²) in [7, 11) is 0. The van der Waals surface area contributed by atoms with Crippen LogP contribution in [0.2, 0.25) is 0 Å². The van der Waals surface area contributed by atoms with Gasteiger partial charge in [-0.3, -0.25) is 9.69 Å². The fourth-order valence-electron chi connectivity index (χ4n) is 5.63. The van der Waals surface area contributed by atoms with Crippen LogP contribution in [0.15, 0.2) is 41.0 Å². The molecule has 0 spiro atoms. The molecule has 7 rings (SSSR count). The van der Waals surface area contributed by atoms with E-state index in [9.17, 15) is 4.79 Å². The molecule has 3 atom stereocenters. The Labute approximate surface area is 157 Å². The maximum absolute atomic E-state index is 13.2. The summed E-state index contributed by atoms with van der Waals surface area (Å²) in [6, 6.07) is 10.4. The summed E-state index contributed by atoms with van der Waals surface area (Å²) in [6.45, 7) is 3.28. The molecular formula is C21H22N2O4. The quantitative estimate of drug-likeness (QED) is 0.818. The number of hydrogen-bond acceptors (Lipinski definition) is 5. The molecule has 4 saturated heterocycles. The van der Waals surface area contributed by atoms with E-state index < -0.39 is 0 Å². The fraction of sp³-hybridized carbons (Fsp3) is 0.476. The van der Waals surface area contributed by atoms with Crippen LogP contribution >= 0.6 is 0 Å². The van der Waals surface area contributed by atoms with E-state index in [0.717, 1.165) is 31.1 Å². The predicted molar refractivity (Wildman–Crippen MR) is 96.9 cm³/mol. The van der Waals surface area contributed by atoms with Crippen molar-refractivity contribution < 1.29 is 18.7 Å². The SMILES string of the molecule is O=C(c1ccco1)N1C[C@H](c2ccc3c(c2)OCO3)[C@H]2[C@@H]1C1CCN2CC1. The highest BCUT2D eigenvalue weighted by Crippen LogP contribution is 2.48. The Morgan fingerprint density at radius 3 is 2.70 bits per heavy atom. The van der Waals surface area contributed by atoms with Crippen molar-refractivity contribution in [3.05, 3.63) is 47.9 Å². The average Bonchev–Trinajstić information content (AvgIpc) is 3.47. The zero-order valence-corrected chi connectivity index (χ0v) is 15.0. The number of carbonyl (C=O) groups excluding carboxylic acids is 1. The van der Waals surface area contributed by atoms with Crippen LogP contribution in [0.5, 0.6) is 11.5 Å². The van der Waals surface area contributed by atoms with Gasteiger partial charge in [0.05, 0.1) is 12.3 Å². The molecule has 0 aliphatic carbocycles. The summed E-state index contributed by atoms with van der Waals surface area (Å²) in [5, 5.41) is 0. The van der Waals surface area contributed by atoms with Crippen LogP contribution in [-0.4, -0.2) is 54.2 Å². The standard InChI is InChI=1S/C21H22N2O4/c24-21(17-2-1-9-25-17)23-11-15(14-3-4-16-18(10-14)27-12-26-16)20-19(23)13-5-7-22(20)8-6-13/h1-4,9-10,13,15,19-20H,5-8,11-12H2/t15-,19+,20+/m1/s1. The van der Waals surface area contributed by atoms with Crippen molar-refractivity contribution in [2.24, 2.45) is 5.92 Å². The molecule has 27 heavy (non-hydrogen) atoms. The minimum absolute atomic E-state index is 0.0204. The number of carbonyl (C=O) groups is 1. The summed E-state index contributed by atoms with van der Waals surface area (Å²) in [5.41, 5.74) is 1.23. The van der Waals surface area contributed by atoms with Crippen molar-refractivity contribution in [1.29, 1.82) is 0 Å². The number of amides is 1. The number of furan rings is 1. The van der Waals surface area contributed by atoms with E-state index in [1.807, 2.05) is 6.07 Å². The molecule has 0 saturated carbocycles. The molecular weight excluding hydrogens is 344 g/mol. The summed E-state index contributed by atoms with van der Waals surface area (Å²) < 4.78 is 16.5. The Hall–Kier alpha value is -2.47. The number of piperidine rings is 3. The molecule has 140 valence electrons. The summed E-state index contributed by atoms with van der Waals surface area (Å²) in [5.74, 6) is 2.95. The van der Waals surface area contributed by atoms with Crippen molar-refractivity contribution in [3.63, 3.8) is 0 Å². The van der Waals surface area contributed by atoms with Gasteiger partial charge in [0, 0.05) is 18.5 Å². The Morgan fingerprint density at radius 1 is 1.04 bits per heavy atom. The first-order valence-electron chi connectivity index (χ1n) is 9.78. The first kappa shape index (κ1) is 15.6. The summed E-state index contributed by atoms with van der Waals surface area (Å²) in [4.78, 5) is 17.8. The van der Waals surface area contributed by atoms with Gasteiger partial charge in [0.2, 0.25) is 6.79 Å². The van der Waals surface area contributed by atoms with Gasteiger partial charge in [-0.25, -0.2) is 0 Å². The monoisotopic (exact) mass is 366 g/mol. The van der Waals surface area contributed by atoms with E-state index in [4.69, 9.17) is 13.9 Å². The normalized spacial score (nSPS) is 33.3. The van der Waals surface area contributed by atoms with Gasteiger partial charge >= 0.3 is 0 Å².